The smallest absolute Gasteiger partial charge is 0.344 e. The predicted molar refractivity (Wildman–Crippen MR) is 103 cm³/mol. The number of carbonyl (C=O) groups excluding carboxylic acids is 3. The van der Waals surface area contributed by atoms with Gasteiger partial charge in [0.2, 0.25) is 0 Å². The molecule has 0 aliphatic rings. The summed E-state index contributed by atoms with van der Waals surface area (Å²) in [4.78, 5) is 34.7. The van der Waals surface area contributed by atoms with Crippen molar-refractivity contribution in [1.29, 1.82) is 0 Å². The molecule has 0 spiro atoms. The van der Waals surface area contributed by atoms with Crippen LogP contribution in [0.25, 0.3) is 0 Å². The maximum absolute atomic E-state index is 11.8. The van der Waals surface area contributed by atoms with Crippen LogP contribution in [0.3, 0.4) is 0 Å². The van der Waals surface area contributed by atoms with Gasteiger partial charge >= 0.3 is 5.97 Å². The van der Waals surface area contributed by atoms with Gasteiger partial charge < -0.3 is 14.8 Å². The van der Waals surface area contributed by atoms with Gasteiger partial charge in [0.1, 0.15) is 5.75 Å². The van der Waals surface area contributed by atoms with Crippen LogP contribution in [0, 0.1) is 0 Å². The largest absolute Gasteiger partial charge is 0.482 e. The van der Waals surface area contributed by atoms with Gasteiger partial charge in [-0.25, -0.2) is 4.79 Å². The molecular formula is C18H14Cl3NO5. The summed E-state index contributed by atoms with van der Waals surface area (Å²) in [5.41, 5.74) is 0.775. The van der Waals surface area contributed by atoms with Crippen LogP contribution in [0.2, 0.25) is 15.1 Å². The number of benzene rings is 2. The number of carbonyl (C=O) groups is 3. The van der Waals surface area contributed by atoms with Crippen molar-refractivity contribution in [3.8, 4) is 5.75 Å². The minimum atomic E-state index is -0.735. The second kappa shape index (κ2) is 9.60. The van der Waals surface area contributed by atoms with Gasteiger partial charge in [0, 0.05) is 5.56 Å². The number of esters is 1. The van der Waals surface area contributed by atoms with Gasteiger partial charge in [-0.3, -0.25) is 9.59 Å². The molecule has 0 bridgehead atoms. The fourth-order valence-corrected chi connectivity index (χ4v) is 2.51. The van der Waals surface area contributed by atoms with Gasteiger partial charge in [-0.05, 0) is 43.3 Å². The number of hydrogen-bond donors (Lipinski definition) is 1. The molecule has 9 heteroatoms. The second-order valence-electron chi connectivity index (χ2n) is 5.32. The number of ether oxygens (including phenoxy) is 2. The summed E-state index contributed by atoms with van der Waals surface area (Å²) >= 11 is 17.6. The van der Waals surface area contributed by atoms with Crippen LogP contribution in [0.4, 0.5) is 5.69 Å². The molecule has 0 aliphatic heterocycles. The highest BCUT2D eigenvalue weighted by atomic mass is 35.5. The Morgan fingerprint density at radius 2 is 1.56 bits per heavy atom. The van der Waals surface area contributed by atoms with E-state index in [0.717, 1.165) is 0 Å². The van der Waals surface area contributed by atoms with E-state index in [1.165, 1.54) is 19.1 Å². The molecule has 2 aromatic carbocycles. The standard InChI is InChI=1S/C18H14Cl3NO5/c1-10(23)11-2-4-12(5-3-11)26-9-18(25)27-8-17(24)22-16-7-14(20)13(19)6-15(16)21/h2-7H,8-9H2,1H3,(H,22,24). The van der Waals surface area contributed by atoms with Crippen molar-refractivity contribution >= 4 is 58.1 Å². The lowest BCUT2D eigenvalue weighted by Crippen LogP contribution is -2.23. The van der Waals surface area contributed by atoms with Crippen LogP contribution in [-0.4, -0.2) is 30.9 Å². The van der Waals surface area contributed by atoms with Crippen molar-refractivity contribution in [1.82, 2.24) is 0 Å². The average molecular weight is 431 g/mol. The van der Waals surface area contributed by atoms with E-state index < -0.39 is 18.5 Å². The van der Waals surface area contributed by atoms with Crippen LogP contribution in [-0.2, 0) is 14.3 Å². The van der Waals surface area contributed by atoms with Crippen LogP contribution in [0.15, 0.2) is 36.4 Å². The Bertz CT molecular complexity index is 868. The third kappa shape index (κ3) is 6.43. The van der Waals surface area contributed by atoms with E-state index in [9.17, 15) is 14.4 Å². The first-order valence-corrected chi connectivity index (χ1v) is 8.73. The normalized spacial score (nSPS) is 10.2. The maximum Gasteiger partial charge on any atom is 0.344 e. The van der Waals surface area contributed by atoms with E-state index in [4.69, 9.17) is 44.3 Å². The lowest BCUT2D eigenvalue weighted by molar-refractivity contribution is -0.149. The molecule has 0 saturated carbocycles. The van der Waals surface area contributed by atoms with Crippen molar-refractivity contribution in [2.45, 2.75) is 6.92 Å². The fourth-order valence-electron chi connectivity index (χ4n) is 1.92. The zero-order valence-electron chi connectivity index (χ0n) is 14.1. The van der Waals surface area contributed by atoms with E-state index in [0.29, 0.717) is 11.3 Å². The highest BCUT2D eigenvalue weighted by Gasteiger charge is 2.12. The van der Waals surface area contributed by atoms with Crippen molar-refractivity contribution in [2.24, 2.45) is 0 Å². The van der Waals surface area contributed by atoms with Crippen LogP contribution in [0.5, 0.6) is 5.75 Å². The van der Waals surface area contributed by atoms with Crippen molar-refractivity contribution in [2.75, 3.05) is 18.5 Å². The molecule has 27 heavy (non-hydrogen) atoms. The summed E-state index contributed by atoms with van der Waals surface area (Å²) in [6, 6.07) is 9.05. The molecule has 0 fully saturated rings. The van der Waals surface area contributed by atoms with E-state index in [1.807, 2.05) is 0 Å². The zero-order chi connectivity index (χ0) is 20.0. The number of anilines is 1. The van der Waals surface area contributed by atoms with Gasteiger partial charge in [0.15, 0.2) is 19.0 Å². The maximum atomic E-state index is 11.8. The topological polar surface area (TPSA) is 81.7 Å². The van der Waals surface area contributed by atoms with Gasteiger partial charge in [-0.2, -0.15) is 0 Å². The number of ketones is 1. The highest BCUT2D eigenvalue weighted by molar-refractivity contribution is 6.44. The first-order chi connectivity index (χ1) is 12.8. The van der Waals surface area contributed by atoms with Gasteiger partial charge in [0.05, 0.1) is 20.8 Å². The van der Waals surface area contributed by atoms with Crippen molar-refractivity contribution < 1.29 is 23.9 Å². The Morgan fingerprint density at radius 3 is 2.19 bits per heavy atom. The number of Topliss-reactive ketones (excluding diaryl/α,β-unsaturated/α-hetero) is 1. The first kappa shape index (κ1) is 21.0. The van der Waals surface area contributed by atoms with E-state index in [1.54, 1.807) is 24.3 Å². The molecule has 0 saturated heterocycles. The highest BCUT2D eigenvalue weighted by Crippen LogP contribution is 2.32. The Kier molecular flexibility index (Phi) is 7.47. The predicted octanol–water partition coefficient (Wildman–Crippen LogP) is 4.41. The number of hydrogen-bond acceptors (Lipinski definition) is 5. The Morgan fingerprint density at radius 1 is 0.926 bits per heavy atom. The van der Waals surface area contributed by atoms with Crippen molar-refractivity contribution in [3.63, 3.8) is 0 Å². The third-order valence-corrected chi connectivity index (χ3v) is 4.30. The molecule has 0 unspecified atom stereocenters. The van der Waals surface area contributed by atoms with Crippen LogP contribution in [0.1, 0.15) is 17.3 Å². The second-order valence-corrected chi connectivity index (χ2v) is 6.55. The summed E-state index contributed by atoms with van der Waals surface area (Å²) in [6.07, 6.45) is 0. The fraction of sp³-hybridized carbons (Fsp3) is 0.167. The van der Waals surface area contributed by atoms with Gasteiger partial charge in [-0.1, -0.05) is 34.8 Å². The molecule has 142 valence electrons. The molecular weight excluding hydrogens is 417 g/mol. The molecule has 2 rings (SSSR count). The Labute approximate surface area is 170 Å². The molecule has 1 N–H and O–H groups in total. The van der Waals surface area contributed by atoms with Crippen LogP contribution >= 0.6 is 34.8 Å². The lowest BCUT2D eigenvalue weighted by Gasteiger charge is -2.10. The summed E-state index contributed by atoms with van der Waals surface area (Å²) in [5, 5.41) is 3.13. The molecule has 1 amide bonds. The Balaban J connectivity index is 1.79. The SMILES string of the molecule is CC(=O)c1ccc(OCC(=O)OCC(=O)Nc2cc(Cl)c(Cl)cc2Cl)cc1. The molecule has 0 heterocycles. The van der Waals surface area contributed by atoms with Gasteiger partial charge in [0.25, 0.3) is 5.91 Å². The first-order valence-electron chi connectivity index (χ1n) is 7.60. The Hall–Kier alpha value is -2.28. The molecule has 0 atom stereocenters. The number of halogens is 3. The summed E-state index contributed by atoms with van der Waals surface area (Å²) in [7, 11) is 0. The monoisotopic (exact) mass is 429 g/mol. The molecule has 2 aromatic rings. The molecule has 6 nitrogen and oxygen atoms in total. The number of nitrogens with one attached hydrogen (secondary N) is 1. The number of rotatable bonds is 7. The van der Waals surface area contributed by atoms with Gasteiger partial charge in [-0.15, -0.1) is 0 Å². The third-order valence-electron chi connectivity index (χ3n) is 3.27. The molecule has 0 radical (unpaired) electrons. The summed E-state index contributed by atoms with van der Waals surface area (Å²) in [5.74, 6) is -1.02. The van der Waals surface area contributed by atoms with Crippen molar-refractivity contribution in [3.05, 3.63) is 57.0 Å². The number of amides is 1. The summed E-state index contributed by atoms with van der Waals surface area (Å²) in [6.45, 7) is 0.533. The van der Waals surface area contributed by atoms with Crippen LogP contribution < -0.4 is 10.1 Å². The minimum Gasteiger partial charge on any atom is -0.482 e. The summed E-state index contributed by atoms with van der Waals surface area (Å²) < 4.78 is 10.1. The van der Waals surface area contributed by atoms with E-state index >= 15 is 0 Å². The van der Waals surface area contributed by atoms with E-state index in [2.05, 4.69) is 5.32 Å². The minimum absolute atomic E-state index is 0.0750. The van der Waals surface area contributed by atoms with E-state index in [-0.39, 0.29) is 33.1 Å². The average Bonchev–Trinajstić information content (AvgIpc) is 2.63. The quantitative estimate of drug-likeness (QED) is 0.400. The molecule has 0 aromatic heterocycles. The zero-order valence-corrected chi connectivity index (χ0v) is 16.3. The molecule has 0 aliphatic carbocycles. The lowest BCUT2D eigenvalue weighted by atomic mass is 10.1.